The first-order valence-corrected chi connectivity index (χ1v) is 8.22. The summed E-state index contributed by atoms with van der Waals surface area (Å²) in [7, 11) is 2.19. The molecule has 1 fully saturated rings. The summed E-state index contributed by atoms with van der Waals surface area (Å²) >= 11 is 3.51. The van der Waals surface area contributed by atoms with E-state index in [4.69, 9.17) is 0 Å². The minimum atomic E-state index is -0.390. The van der Waals surface area contributed by atoms with Crippen LogP contribution < -0.4 is 0 Å². The molecule has 1 aliphatic heterocycles. The molecule has 1 saturated heterocycles. The Labute approximate surface area is 130 Å². The van der Waals surface area contributed by atoms with Crippen molar-refractivity contribution in [2.24, 2.45) is 0 Å². The molecule has 2 rings (SSSR count). The predicted molar refractivity (Wildman–Crippen MR) is 86.9 cm³/mol. The largest absolute Gasteiger partial charge is 0.388 e. The van der Waals surface area contributed by atoms with Crippen molar-refractivity contribution in [1.82, 2.24) is 9.80 Å². The van der Waals surface area contributed by atoms with Crippen molar-refractivity contribution in [3.8, 4) is 0 Å². The van der Waals surface area contributed by atoms with E-state index in [-0.39, 0.29) is 0 Å². The van der Waals surface area contributed by atoms with Gasteiger partial charge in [-0.25, -0.2) is 0 Å². The van der Waals surface area contributed by atoms with Gasteiger partial charge in [0, 0.05) is 23.6 Å². The van der Waals surface area contributed by atoms with Crippen LogP contribution in [0.1, 0.15) is 31.4 Å². The van der Waals surface area contributed by atoms with Gasteiger partial charge in [0.1, 0.15) is 0 Å². The van der Waals surface area contributed by atoms with E-state index >= 15 is 0 Å². The Kier molecular flexibility index (Phi) is 6.02. The maximum absolute atomic E-state index is 10.4. The normalized spacial score (nSPS) is 23.5. The number of rotatable bonds is 4. The van der Waals surface area contributed by atoms with Gasteiger partial charge in [-0.2, -0.15) is 0 Å². The molecule has 1 N–H and O–H groups in total. The van der Waals surface area contributed by atoms with E-state index in [0.717, 1.165) is 36.1 Å². The molecule has 1 aromatic rings. The Morgan fingerprint density at radius 1 is 1.35 bits per heavy atom. The second-order valence-corrected chi connectivity index (χ2v) is 6.68. The third kappa shape index (κ3) is 4.29. The molecule has 20 heavy (non-hydrogen) atoms. The van der Waals surface area contributed by atoms with Crippen LogP contribution in [0.25, 0.3) is 0 Å². The highest BCUT2D eigenvalue weighted by Crippen LogP contribution is 2.25. The molecular weight excluding hydrogens is 316 g/mol. The van der Waals surface area contributed by atoms with Crippen LogP contribution in [-0.2, 0) is 0 Å². The summed E-state index contributed by atoms with van der Waals surface area (Å²) < 4.78 is 0.996. The molecule has 3 nitrogen and oxygen atoms in total. The Balaban J connectivity index is 1.89. The first-order valence-electron chi connectivity index (χ1n) is 7.43. The zero-order chi connectivity index (χ0) is 14.5. The molecule has 0 bridgehead atoms. The summed E-state index contributed by atoms with van der Waals surface area (Å²) in [5, 5.41) is 10.4. The van der Waals surface area contributed by atoms with Crippen LogP contribution in [0.3, 0.4) is 0 Å². The monoisotopic (exact) mass is 340 g/mol. The number of hydrogen-bond acceptors (Lipinski definition) is 3. The van der Waals surface area contributed by atoms with Gasteiger partial charge < -0.3 is 10.0 Å². The zero-order valence-corrected chi connectivity index (χ0v) is 14.0. The fourth-order valence-electron chi connectivity index (χ4n) is 2.94. The van der Waals surface area contributed by atoms with Crippen LogP contribution in [0.15, 0.2) is 28.7 Å². The summed E-state index contributed by atoms with van der Waals surface area (Å²) in [6, 6.07) is 8.50. The van der Waals surface area contributed by atoms with Crippen LogP contribution >= 0.6 is 15.9 Å². The van der Waals surface area contributed by atoms with Gasteiger partial charge in [-0.1, -0.05) is 34.1 Å². The molecule has 0 amide bonds. The van der Waals surface area contributed by atoms with Crippen LogP contribution in [0, 0.1) is 0 Å². The number of halogens is 1. The lowest BCUT2D eigenvalue weighted by Crippen LogP contribution is -2.38. The second kappa shape index (κ2) is 7.55. The molecule has 1 heterocycles. The summed E-state index contributed by atoms with van der Waals surface area (Å²) in [6.07, 6.45) is 1.61. The lowest BCUT2D eigenvalue weighted by atomic mass is 10.1. The molecule has 4 heteroatoms. The van der Waals surface area contributed by atoms with E-state index in [0.29, 0.717) is 6.04 Å². The Bertz CT molecular complexity index is 427. The van der Waals surface area contributed by atoms with Gasteiger partial charge in [0.05, 0.1) is 6.10 Å². The topological polar surface area (TPSA) is 26.7 Å². The number of nitrogens with zero attached hydrogens (tertiary/aromatic N) is 2. The first kappa shape index (κ1) is 16.0. The molecule has 1 aromatic carbocycles. The number of hydrogen-bond donors (Lipinski definition) is 1. The van der Waals surface area contributed by atoms with Crippen molar-refractivity contribution in [3.05, 3.63) is 34.3 Å². The van der Waals surface area contributed by atoms with Gasteiger partial charge in [0.2, 0.25) is 0 Å². The van der Waals surface area contributed by atoms with Crippen LogP contribution in [0.4, 0.5) is 0 Å². The molecule has 0 aromatic heterocycles. The minimum Gasteiger partial charge on any atom is -0.388 e. The summed E-state index contributed by atoms with van der Waals surface area (Å²) in [4.78, 5) is 4.90. The van der Waals surface area contributed by atoms with E-state index in [1.165, 1.54) is 13.0 Å². The Morgan fingerprint density at radius 2 is 2.10 bits per heavy atom. The lowest BCUT2D eigenvalue weighted by molar-refractivity contribution is 0.126. The molecule has 2 atom stereocenters. The van der Waals surface area contributed by atoms with E-state index in [1.54, 1.807) is 0 Å². The SMILES string of the molecule is CC1CN(C)CCCN1CCC(O)c1ccccc1Br. The van der Waals surface area contributed by atoms with Crippen molar-refractivity contribution < 1.29 is 5.11 Å². The fraction of sp³-hybridized carbons (Fsp3) is 0.625. The van der Waals surface area contributed by atoms with E-state index in [9.17, 15) is 5.11 Å². The van der Waals surface area contributed by atoms with Crippen molar-refractivity contribution >= 4 is 15.9 Å². The van der Waals surface area contributed by atoms with Gasteiger partial charge in [0.15, 0.2) is 0 Å². The third-order valence-corrected chi connectivity index (χ3v) is 4.86. The van der Waals surface area contributed by atoms with Crippen LogP contribution in [0.2, 0.25) is 0 Å². The Morgan fingerprint density at radius 3 is 2.85 bits per heavy atom. The van der Waals surface area contributed by atoms with Gasteiger partial charge >= 0.3 is 0 Å². The molecule has 0 aliphatic carbocycles. The maximum Gasteiger partial charge on any atom is 0.0813 e. The maximum atomic E-state index is 10.4. The lowest BCUT2D eigenvalue weighted by Gasteiger charge is -2.28. The van der Waals surface area contributed by atoms with Gasteiger partial charge in [0.25, 0.3) is 0 Å². The molecule has 0 spiro atoms. The molecule has 2 unspecified atom stereocenters. The Hall–Kier alpha value is -0.420. The average Bonchev–Trinajstić information content (AvgIpc) is 2.57. The fourth-order valence-corrected chi connectivity index (χ4v) is 3.49. The van der Waals surface area contributed by atoms with E-state index < -0.39 is 6.10 Å². The molecule has 0 radical (unpaired) electrons. The van der Waals surface area contributed by atoms with Gasteiger partial charge in [-0.05, 0) is 51.5 Å². The summed E-state index contributed by atoms with van der Waals surface area (Å²) in [5.74, 6) is 0. The number of likely N-dealkylation sites (N-methyl/N-ethyl adjacent to an activating group) is 1. The summed E-state index contributed by atoms with van der Waals surface area (Å²) in [5.41, 5.74) is 0.993. The first-order chi connectivity index (χ1) is 9.58. The summed E-state index contributed by atoms with van der Waals surface area (Å²) in [6.45, 7) is 6.66. The van der Waals surface area contributed by atoms with Gasteiger partial charge in [-0.3, -0.25) is 4.90 Å². The number of aliphatic hydroxyl groups is 1. The van der Waals surface area contributed by atoms with Crippen molar-refractivity contribution in [2.75, 3.05) is 33.2 Å². The molecular formula is C16H25BrN2O. The highest BCUT2D eigenvalue weighted by atomic mass is 79.9. The van der Waals surface area contributed by atoms with Crippen molar-refractivity contribution in [2.45, 2.75) is 31.9 Å². The third-order valence-electron chi connectivity index (χ3n) is 4.14. The number of aliphatic hydroxyl groups excluding tert-OH is 1. The standard InChI is InChI=1S/C16H25BrN2O/c1-13-12-18(2)9-5-10-19(13)11-8-16(20)14-6-3-4-7-15(14)17/h3-4,6-7,13,16,20H,5,8-12H2,1-2H3. The molecule has 0 saturated carbocycles. The predicted octanol–water partition coefficient (Wildman–Crippen LogP) is 2.90. The minimum absolute atomic E-state index is 0.390. The highest BCUT2D eigenvalue weighted by Gasteiger charge is 2.20. The smallest absolute Gasteiger partial charge is 0.0813 e. The van der Waals surface area contributed by atoms with Crippen molar-refractivity contribution in [1.29, 1.82) is 0 Å². The van der Waals surface area contributed by atoms with Crippen LogP contribution in [-0.4, -0.2) is 54.2 Å². The van der Waals surface area contributed by atoms with Crippen molar-refractivity contribution in [3.63, 3.8) is 0 Å². The number of benzene rings is 1. The van der Waals surface area contributed by atoms with Crippen LogP contribution in [0.5, 0.6) is 0 Å². The highest BCUT2D eigenvalue weighted by molar-refractivity contribution is 9.10. The quantitative estimate of drug-likeness (QED) is 0.912. The van der Waals surface area contributed by atoms with Gasteiger partial charge in [-0.15, -0.1) is 0 Å². The second-order valence-electron chi connectivity index (χ2n) is 5.83. The zero-order valence-electron chi connectivity index (χ0n) is 12.4. The molecule has 112 valence electrons. The van der Waals surface area contributed by atoms with E-state index in [2.05, 4.69) is 39.7 Å². The average molecular weight is 341 g/mol. The molecule has 1 aliphatic rings. The van der Waals surface area contributed by atoms with E-state index in [1.807, 2.05) is 24.3 Å².